The summed E-state index contributed by atoms with van der Waals surface area (Å²) in [4.78, 5) is 11.7. The highest BCUT2D eigenvalue weighted by Crippen LogP contribution is 2.31. The molecule has 1 amide bonds. The number of hydrogen-bond acceptors (Lipinski definition) is 3. The molecular formula is C10H12Cl2N2O2. The van der Waals surface area contributed by atoms with E-state index in [2.05, 4.69) is 5.32 Å². The van der Waals surface area contributed by atoms with Crippen molar-refractivity contribution in [1.29, 1.82) is 0 Å². The van der Waals surface area contributed by atoms with E-state index in [0.717, 1.165) is 6.42 Å². The van der Waals surface area contributed by atoms with Crippen LogP contribution in [0.1, 0.15) is 23.7 Å². The van der Waals surface area contributed by atoms with E-state index in [0.29, 0.717) is 6.54 Å². The molecule has 0 bridgehead atoms. The molecule has 0 atom stereocenters. The molecule has 88 valence electrons. The third-order valence-electron chi connectivity index (χ3n) is 1.97. The summed E-state index contributed by atoms with van der Waals surface area (Å²) in [6, 6.07) is 2.98. The van der Waals surface area contributed by atoms with Crippen molar-refractivity contribution in [3.63, 3.8) is 0 Å². The van der Waals surface area contributed by atoms with Gasteiger partial charge in [0.1, 0.15) is 0 Å². The highest BCUT2D eigenvalue weighted by Gasteiger charge is 2.17. The van der Waals surface area contributed by atoms with Crippen LogP contribution in [-0.4, -0.2) is 17.7 Å². The SMILES string of the molecule is CCCNC(=O)c1c(Cl)ccc(NO)c1Cl. The predicted octanol–water partition coefficient (Wildman–Crippen LogP) is 2.93. The Balaban J connectivity index is 3.06. The largest absolute Gasteiger partial charge is 0.352 e. The predicted molar refractivity (Wildman–Crippen MR) is 64.5 cm³/mol. The molecule has 4 nitrogen and oxygen atoms in total. The van der Waals surface area contributed by atoms with Crippen molar-refractivity contribution in [3.8, 4) is 0 Å². The maximum absolute atomic E-state index is 11.7. The molecule has 0 aliphatic carbocycles. The maximum atomic E-state index is 11.7. The third-order valence-corrected chi connectivity index (χ3v) is 2.68. The van der Waals surface area contributed by atoms with Crippen LogP contribution in [0, 0.1) is 0 Å². The second-order valence-electron chi connectivity index (χ2n) is 3.15. The van der Waals surface area contributed by atoms with Gasteiger partial charge in [-0.2, -0.15) is 0 Å². The lowest BCUT2D eigenvalue weighted by Gasteiger charge is -2.10. The van der Waals surface area contributed by atoms with Crippen LogP contribution in [0.2, 0.25) is 10.0 Å². The Hall–Kier alpha value is -0.970. The molecule has 0 spiro atoms. The number of halogens is 2. The van der Waals surface area contributed by atoms with Crippen molar-refractivity contribution in [2.75, 3.05) is 12.0 Å². The van der Waals surface area contributed by atoms with Crippen molar-refractivity contribution >= 4 is 34.8 Å². The highest BCUT2D eigenvalue weighted by molar-refractivity contribution is 6.41. The Bertz CT molecular complexity index is 397. The van der Waals surface area contributed by atoms with Crippen molar-refractivity contribution in [2.24, 2.45) is 0 Å². The molecule has 0 aliphatic rings. The summed E-state index contributed by atoms with van der Waals surface area (Å²) in [5.41, 5.74) is 2.31. The molecule has 0 aliphatic heterocycles. The average molecular weight is 263 g/mol. The third kappa shape index (κ3) is 2.78. The van der Waals surface area contributed by atoms with Crippen LogP contribution >= 0.6 is 23.2 Å². The zero-order valence-electron chi connectivity index (χ0n) is 8.68. The van der Waals surface area contributed by atoms with E-state index < -0.39 is 0 Å². The monoisotopic (exact) mass is 262 g/mol. The number of amides is 1. The summed E-state index contributed by atoms with van der Waals surface area (Å²) in [5, 5.41) is 11.8. The zero-order chi connectivity index (χ0) is 12.1. The Morgan fingerprint density at radius 1 is 1.44 bits per heavy atom. The van der Waals surface area contributed by atoms with E-state index in [1.54, 1.807) is 0 Å². The summed E-state index contributed by atoms with van der Waals surface area (Å²) in [6.45, 7) is 2.48. The number of nitrogens with one attached hydrogen (secondary N) is 2. The van der Waals surface area contributed by atoms with E-state index in [1.165, 1.54) is 12.1 Å². The molecule has 0 aromatic heterocycles. The quantitative estimate of drug-likeness (QED) is 0.732. The van der Waals surface area contributed by atoms with Gasteiger partial charge in [-0.15, -0.1) is 0 Å². The van der Waals surface area contributed by atoms with Crippen LogP contribution in [0.3, 0.4) is 0 Å². The number of carbonyl (C=O) groups is 1. The second kappa shape index (κ2) is 5.94. The molecule has 0 saturated heterocycles. The summed E-state index contributed by atoms with van der Waals surface area (Å²) >= 11 is 11.8. The number of benzene rings is 1. The van der Waals surface area contributed by atoms with Gasteiger partial charge in [0.25, 0.3) is 5.91 Å². The fourth-order valence-electron chi connectivity index (χ4n) is 1.17. The summed E-state index contributed by atoms with van der Waals surface area (Å²) in [5.74, 6) is -0.353. The molecule has 0 radical (unpaired) electrons. The summed E-state index contributed by atoms with van der Waals surface area (Å²) in [7, 11) is 0. The number of anilines is 1. The smallest absolute Gasteiger partial charge is 0.254 e. The van der Waals surface area contributed by atoms with Crippen molar-refractivity contribution in [1.82, 2.24) is 5.32 Å². The minimum Gasteiger partial charge on any atom is -0.352 e. The van der Waals surface area contributed by atoms with E-state index in [9.17, 15) is 4.79 Å². The van der Waals surface area contributed by atoms with Gasteiger partial charge >= 0.3 is 0 Å². The molecule has 1 aromatic carbocycles. The Labute approximate surface area is 104 Å². The number of rotatable bonds is 4. The normalized spacial score (nSPS) is 10.0. The molecule has 16 heavy (non-hydrogen) atoms. The van der Waals surface area contributed by atoms with Crippen LogP contribution in [0.25, 0.3) is 0 Å². The van der Waals surface area contributed by atoms with Crippen LogP contribution in [-0.2, 0) is 0 Å². The first-order valence-corrected chi connectivity index (χ1v) is 5.53. The highest BCUT2D eigenvalue weighted by atomic mass is 35.5. The average Bonchev–Trinajstić information content (AvgIpc) is 2.26. The standard InChI is InChI=1S/C10H12Cl2N2O2/c1-2-5-13-10(15)8-6(11)3-4-7(14-16)9(8)12/h3-4,14,16H,2,5H2,1H3,(H,13,15). The Morgan fingerprint density at radius 2 is 2.12 bits per heavy atom. The fraction of sp³-hybridized carbons (Fsp3) is 0.300. The molecule has 1 rings (SSSR count). The van der Waals surface area contributed by atoms with E-state index >= 15 is 0 Å². The molecule has 6 heteroatoms. The molecular weight excluding hydrogens is 251 g/mol. The molecule has 0 fully saturated rings. The van der Waals surface area contributed by atoms with E-state index in [4.69, 9.17) is 28.4 Å². The molecule has 3 N–H and O–H groups in total. The zero-order valence-corrected chi connectivity index (χ0v) is 10.2. The van der Waals surface area contributed by atoms with Crippen molar-refractivity contribution in [3.05, 3.63) is 27.7 Å². The van der Waals surface area contributed by atoms with Gasteiger partial charge in [-0.05, 0) is 18.6 Å². The van der Waals surface area contributed by atoms with Crippen molar-refractivity contribution < 1.29 is 10.0 Å². The summed E-state index contributed by atoms with van der Waals surface area (Å²) < 4.78 is 0. The molecule has 0 heterocycles. The van der Waals surface area contributed by atoms with Crippen LogP contribution < -0.4 is 10.8 Å². The van der Waals surface area contributed by atoms with Gasteiger partial charge in [0.2, 0.25) is 0 Å². The van der Waals surface area contributed by atoms with Crippen molar-refractivity contribution in [2.45, 2.75) is 13.3 Å². The molecule has 0 unspecified atom stereocenters. The van der Waals surface area contributed by atoms with Gasteiger partial charge in [0.15, 0.2) is 0 Å². The van der Waals surface area contributed by atoms with Gasteiger partial charge in [-0.1, -0.05) is 30.1 Å². The van der Waals surface area contributed by atoms with Gasteiger partial charge in [-0.25, -0.2) is 0 Å². The Kier molecular flexibility index (Phi) is 4.86. The van der Waals surface area contributed by atoms with Gasteiger partial charge in [-0.3, -0.25) is 15.5 Å². The minimum atomic E-state index is -0.353. The summed E-state index contributed by atoms with van der Waals surface area (Å²) in [6.07, 6.45) is 0.818. The lowest BCUT2D eigenvalue weighted by molar-refractivity contribution is 0.0954. The van der Waals surface area contributed by atoms with E-state index in [1.807, 2.05) is 12.4 Å². The van der Waals surface area contributed by atoms with E-state index in [-0.39, 0.29) is 27.2 Å². The van der Waals surface area contributed by atoms with Gasteiger partial charge in [0.05, 0.1) is 21.3 Å². The number of carbonyl (C=O) groups excluding carboxylic acids is 1. The second-order valence-corrected chi connectivity index (χ2v) is 3.94. The molecule has 0 saturated carbocycles. The first-order chi connectivity index (χ1) is 7.61. The van der Waals surface area contributed by atoms with Crippen LogP contribution in [0.5, 0.6) is 0 Å². The van der Waals surface area contributed by atoms with Crippen LogP contribution in [0.4, 0.5) is 5.69 Å². The minimum absolute atomic E-state index is 0.101. The lowest BCUT2D eigenvalue weighted by Crippen LogP contribution is -2.24. The lowest BCUT2D eigenvalue weighted by atomic mass is 10.2. The first-order valence-electron chi connectivity index (χ1n) is 4.78. The Morgan fingerprint density at radius 3 is 2.69 bits per heavy atom. The molecule has 1 aromatic rings. The number of hydrogen-bond donors (Lipinski definition) is 3. The topological polar surface area (TPSA) is 61.4 Å². The van der Waals surface area contributed by atoms with Gasteiger partial charge < -0.3 is 5.32 Å². The first kappa shape index (κ1) is 13.1. The van der Waals surface area contributed by atoms with Gasteiger partial charge in [0, 0.05) is 6.54 Å². The van der Waals surface area contributed by atoms with Crippen LogP contribution in [0.15, 0.2) is 12.1 Å². The fourth-order valence-corrected chi connectivity index (χ4v) is 1.76. The maximum Gasteiger partial charge on any atom is 0.254 e.